The smallest absolute Gasteiger partial charge is 0.0463 e. The van der Waals surface area contributed by atoms with Gasteiger partial charge in [0.15, 0.2) is 0 Å². The maximum absolute atomic E-state index is 5.92. The van der Waals surface area contributed by atoms with Crippen molar-refractivity contribution in [3.05, 3.63) is 59.7 Å². The van der Waals surface area contributed by atoms with Crippen LogP contribution in [-0.4, -0.2) is 0 Å². The van der Waals surface area contributed by atoms with Crippen molar-refractivity contribution in [1.29, 1.82) is 0 Å². The summed E-state index contributed by atoms with van der Waals surface area (Å²) in [4.78, 5) is 1.01. The third-order valence-electron chi connectivity index (χ3n) is 2.42. The number of thiol groups is 1. The van der Waals surface area contributed by atoms with Gasteiger partial charge in [-0.15, -0.1) is 11.7 Å². The SMILES string of the molecule is Nc1cc(Cc2ccccc2)ccc1SS. The summed E-state index contributed by atoms with van der Waals surface area (Å²) in [5.74, 6) is 0. The van der Waals surface area contributed by atoms with Crippen LogP contribution in [0.25, 0.3) is 0 Å². The van der Waals surface area contributed by atoms with Gasteiger partial charge in [-0.05, 0) is 29.7 Å². The third kappa shape index (κ3) is 2.74. The second-order valence-corrected chi connectivity index (χ2v) is 4.80. The molecule has 0 spiro atoms. The van der Waals surface area contributed by atoms with E-state index in [2.05, 4.69) is 42.0 Å². The molecule has 0 aliphatic heterocycles. The molecule has 0 aliphatic carbocycles. The van der Waals surface area contributed by atoms with Crippen molar-refractivity contribution in [1.82, 2.24) is 0 Å². The summed E-state index contributed by atoms with van der Waals surface area (Å²) in [5.41, 5.74) is 9.25. The molecule has 0 aliphatic rings. The van der Waals surface area contributed by atoms with Gasteiger partial charge < -0.3 is 5.73 Å². The number of anilines is 1. The molecule has 0 heterocycles. The summed E-state index contributed by atoms with van der Waals surface area (Å²) in [6.45, 7) is 0. The molecule has 3 heteroatoms. The van der Waals surface area contributed by atoms with E-state index in [0.29, 0.717) is 0 Å². The van der Waals surface area contributed by atoms with Crippen molar-refractivity contribution in [2.24, 2.45) is 0 Å². The van der Waals surface area contributed by atoms with E-state index in [1.807, 2.05) is 18.2 Å². The Morgan fingerprint density at radius 2 is 1.75 bits per heavy atom. The van der Waals surface area contributed by atoms with Gasteiger partial charge in [-0.1, -0.05) is 47.2 Å². The minimum Gasteiger partial charge on any atom is -0.398 e. The van der Waals surface area contributed by atoms with Gasteiger partial charge in [-0.2, -0.15) is 0 Å². The van der Waals surface area contributed by atoms with Gasteiger partial charge in [0.25, 0.3) is 0 Å². The fourth-order valence-electron chi connectivity index (χ4n) is 1.62. The van der Waals surface area contributed by atoms with Crippen LogP contribution in [0.4, 0.5) is 5.69 Å². The Balaban J connectivity index is 2.20. The Bertz CT molecular complexity index is 469. The van der Waals surface area contributed by atoms with Gasteiger partial charge in [-0.3, -0.25) is 0 Å². The van der Waals surface area contributed by atoms with Crippen LogP contribution in [0.2, 0.25) is 0 Å². The number of benzene rings is 2. The third-order valence-corrected chi connectivity index (χ3v) is 3.58. The second kappa shape index (κ2) is 5.32. The summed E-state index contributed by atoms with van der Waals surface area (Å²) < 4.78 is 0. The summed E-state index contributed by atoms with van der Waals surface area (Å²) >= 11 is 4.15. The van der Waals surface area contributed by atoms with E-state index >= 15 is 0 Å². The first kappa shape index (κ1) is 11.4. The molecule has 0 atom stereocenters. The Morgan fingerprint density at radius 3 is 2.38 bits per heavy atom. The molecule has 0 aromatic heterocycles. The number of hydrogen-bond donors (Lipinski definition) is 2. The molecule has 0 saturated carbocycles. The zero-order chi connectivity index (χ0) is 11.4. The van der Waals surface area contributed by atoms with Crippen molar-refractivity contribution in [2.75, 3.05) is 5.73 Å². The van der Waals surface area contributed by atoms with Gasteiger partial charge in [0.05, 0.1) is 0 Å². The van der Waals surface area contributed by atoms with Crippen molar-refractivity contribution < 1.29 is 0 Å². The Morgan fingerprint density at radius 1 is 1.00 bits per heavy atom. The Kier molecular flexibility index (Phi) is 3.80. The molecule has 2 aromatic carbocycles. The highest BCUT2D eigenvalue weighted by Gasteiger charge is 2.01. The molecule has 16 heavy (non-hydrogen) atoms. The summed E-state index contributed by atoms with van der Waals surface area (Å²) in [6.07, 6.45) is 0.919. The Labute approximate surface area is 105 Å². The molecule has 2 N–H and O–H groups in total. The van der Waals surface area contributed by atoms with Gasteiger partial charge >= 0.3 is 0 Å². The highest BCUT2D eigenvalue weighted by Crippen LogP contribution is 2.28. The van der Waals surface area contributed by atoms with Crippen LogP contribution in [-0.2, 0) is 6.42 Å². The van der Waals surface area contributed by atoms with E-state index in [9.17, 15) is 0 Å². The van der Waals surface area contributed by atoms with Crippen molar-refractivity contribution >= 4 is 28.1 Å². The molecular formula is C13H13NS2. The lowest BCUT2D eigenvalue weighted by atomic mass is 10.0. The van der Waals surface area contributed by atoms with E-state index in [1.54, 1.807) is 0 Å². The fourth-order valence-corrected chi connectivity index (χ4v) is 2.41. The molecule has 0 unspecified atom stereocenters. The fraction of sp³-hybridized carbons (Fsp3) is 0.0769. The maximum atomic E-state index is 5.92. The lowest BCUT2D eigenvalue weighted by molar-refractivity contribution is 1.18. The topological polar surface area (TPSA) is 26.0 Å². The summed E-state index contributed by atoms with van der Waals surface area (Å²) in [6, 6.07) is 16.5. The van der Waals surface area contributed by atoms with E-state index in [1.165, 1.54) is 21.9 Å². The number of rotatable bonds is 3. The van der Waals surface area contributed by atoms with E-state index < -0.39 is 0 Å². The second-order valence-electron chi connectivity index (χ2n) is 3.63. The average Bonchev–Trinajstić information content (AvgIpc) is 2.31. The Hall–Kier alpha value is -1.06. The maximum Gasteiger partial charge on any atom is 0.0463 e. The van der Waals surface area contributed by atoms with Crippen molar-refractivity contribution in [2.45, 2.75) is 11.3 Å². The van der Waals surface area contributed by atoms with Crippen LogP contribution < -0.4 is 5.73 Å². The quantitative estimate of drug-likeness (QED) is 0.490. The lowest BCUT2D eigenvalue weighted by Gasteiger charge is -2.06. The first-order valence-electron chi connectivity index (χ1n) is 5.03. The van der Waals surface area contributed by atoms with E-state index in [4.69, 9.17) is 5.73 Å². The van der Waals surface area contributed by atoms with Crippen molar-refractivity contribution in [3.63, 3.8) is 0 Å². The van der Waals surface area contributed by atoms with E-state index in [-0.39, 0.29) is 0 Å². The summed E-state index contributed by atoms with van der Waals surface area (Å²) in [7, 11) is 1.38. The molecule has 2 rings (SSSR count). The molecule has 0 fully saturated rings. The van der Waals surface area contributed by atoms with Gasteiger partial charge in [0.2, 0.25) is 0 Å². The molecule has 0 radical (unpaired) electrons. The number of nitrogen functional groups attached to an aromatic ring is 1. The number of nitrogens with two attached hydrogens (primary N) is 1. The molecular weight excluding hydrogens is 234 g/mol. The molecule has 2 aromatic rings. The number of hydrogen-bond acceptors (Lipinski definition) is 3. The normalized spacial score (nSPS) is 10.3. The highest BCUT2D eigenvalue weighted by molar-refractivity contribution is 8.68. The van der Waals surface area contributed by atoms with Gasteiger partial charge in [0.1, 0.15) is 0 Å². The van der Waals surface area contributed by atoms with Crippen LogP contribution >= 0.6 is 22.5 Å². The van der Waals surface area contributed by atoms with Crippen LogP contribution in [0.5, 0.6) is 0 Å². The highest BCUT2D eigenvalue weighted by atomic mass is 33.1. The summed E-state index contributed by atoms with van der Waals surface area (Å²) in [5, 5.41) is 0. The van der Waals surface area contributed by atoms with E-state index in [0.717, 1.165) is 17.0 Å². The zero-order valence-electron chi connectivity index (χ0n) is 8.76. The van der Waals surface area contributed by atoms with Gasteiger partial charge in [0, 0.05) is 10.6 Å². The predicted octanol–water partition coefficient (Wildman–Crippen LogP) is 3.80. The van der Waals surface area contributed by atoms with Crippen molar-refractivity contribution in [3.8, 4) is 0 Å². The molecule has 0 bridgehead atoms. The monoisotopic (exact) mass is 247 g/mol. The van der Waals surface area contributed by atoms with Gasteiger partial charge in [-0.25, -0.2) is 0 Å². The molecule has 1 nitrogen and oxygen atoms in total. The molecule has 82 valence electrons. The molecule has 0 amide bonds. The van der Waals surface area contributed by atoms with Crippen LogP contribution in [0.3, 0.4) is 0 Å². The van der Waals surface area contributed by atoms with Crippen LogP contribution in [0.1, 0.15) is 11.1 Å². The largest absolute Gasteiger partial charge is 0.398 e. The minimum absolute atomic E-state index is 0.799. The van der Waals surface area contributed by atoms with Crippen LogP contribution in [0, 0.1) is 0 Å². The first-order valence-corrected chi connectivity index (χ1v) is 6.90. The minimum atomic E-state index is 0.799. The molecule has 0 saturated heterocycles. The standard InChI is InChI=1S/C13H13NS2/c14-12-9-11(6-7-13(12)16-15)8-10-4-2-1-3-5-10/h1-7,9,15H,8,14H2. The predicted molar refractivity (Wildman–Crippen MR) is 74.9 cm³/mol. The average molecular weight is 247 g/mol. The zero-order valence-corrected chi connectivity index (χ0v) is 10.5. The first-order chi connectivity index (χ1) is 7.79. The van der Waals surface area contributed by atoms with Crippen LogP contribution in [0.15, 0.2) is 53.4 Å². The lowest BCUT2D eigenvalue weighted by Crippen LogP contribution is -1.92.